The lowest BCUT2D eigenvalue weighted by molar-refractivity contribution is -0.145. The highest BCUT2D eigenvalue weighted by atomic mass is 16.5. The molecule has 4 heteroatoms. The van der Waals surface area contributed by atoms with Crippen LogP contribution >= 0.6 is 0 Å². The lowest BCUT2D eigenvalue weighted by Crippen LogP contribution is -2.52. The van der Waals surface area contributed by atoms with Gasteiger partial charge in [0.05, 0.1) is 18.6 Å². The number of nitrogens with one attached hydrogen (secondary N) is 1. The number of aliphatic carboxylic acids is 1. The maximum absolute atomic E-state index is 10.8. The zero-order valence-electron chi connectivity index (χ0n) is 7.53. The smallest absolute Gasteiger partial charge is 0.306 e. The molecule has 1 aliphatic carbocycles. The molecule has 0 aromatic rings. The number of morpholine rings is 1. The van der Waals surface area contributed by atoms with Crippen molar-refractivity contribution >= 4 is 5.97 Å². The van der Waals surface area contributed by atoms with E-state index in [4.69, 9.17) is 9.84 Å². The second-order valence-electron chi connectivity index (χ2n) is 3.82. The monoisotopic (exact) mass is 185 g/mol. The Morgan fingerprint density at radius 3 is 3.08 bits per heavy atom. The number of carboxylic acids is 1. The van der Waals surface area contributed by atoms with Crippen LogP contribution in [0.1, 0.15) is 19.3 Å². The van der Waals surface area contributed by atoms with Crippen LogP contribution in [0.4, 0.5) is 0 Å². The van der Waals surface area contributed by atoms with E-state index in [0.717, 1.165) is 32.4 Å². The minimum atomic E-state index is -0.661. The van der Waals surface area contributed by atoms with E-state index in [1.54, 1.807) is 0 Å². The van der Waals surface area contributed by atoms with Crippen molar-refractivity contribution < 1.29 is 14.6 Å². The average molecular weight is 185 g/mol. The molecule has 0 spiro atoms. The van der Waals surface area contributed by atoms with E-state index < -0.39 is 5.97 Å². The van der Waals surface area contributed by atoms with Gasteiger partial charge in [-0.3, -0.25) is 4.79 Å². The van der Waals surface area contributed by atoms with E-state index in [1.165, 1.54) is 0 Å². The molecule has 1 saturated carbocycles. The van der Waals surface area contributed by atoms with Crippen LogP contribution in [-0.4, -0.2) is 36.4 Å². The Labute approximate surface area is 77.3 Å². The first-order chi connectivity index (χ1) is 6.27. The summed E-state index contributed by atoms with van der Waals surface area (Å²) >= 11 is 0. The standard InChI is InChI=1S/C9H15NO3/c11-9(12)6-1-2-8-7(5-6)10-3-4-13-8/h6-8,10H,1-5H2,(H,11,12). The predicted molar refractivity (Wildman–Crippen MR) is 46.5 cm³/mol. The molecule has 4 nitrogen and oxygen atoms in total. The molecule has 74 valence electrons. The van der Waals surface area contributed by atoms with Crippen molar-refractivity contribution in [1.82, 2.24) is 5.32 Å². The summed E-state index contributed by atoms with van der Waals surface area (Å²) in [4.78, 5) is 10.8. The minimum absolute atomic E-state index is 0.171. The van der Waals surface area contributed by atoms with E-state index in [1.807, 2.05) is 0 Å². The van der Waals surface area contributed by atoms with Crippen LogP contribution in [0.25, 0.3) is 0 Å². The van der Waals surface area contributed by atoms with Crippen molar-refractivity contribution in [2.45, 2.75) is 31.4 Å². The van der Waals surface area contributed by atoms with Gasteiger partial charge in [0, 0.05) is 12.6 Å². The highest BCUT2D eigenvalue weighted by Crippen LogP contribution is 2.28. The summed E-state index contributed by atoms with van der Waals surface area (Å²) in [7, 11) is 0. The molecule has 1 heterocycles. The van der Waals surface area contributed by atoms with E-state index in [9.17, 15) is 4.79 Å². The van der Waals surface area contributed by atoms with Gasteiger partial charge < -0.3 is 15.2 Å². The quantitative estimate of drug-likeness (QED) is 0.614. The van der Waals surface area contributed by atoms with Crippen LogP contribution in [0.3, 0.4) is 0 Å². The van der Waals surface area contributed by atoms with Gasteiger partial charge in [0.15, 0.2) is 0 Å². The van der Waals surface area contributed by atoms with Gasteiger partial charge in [-0.25, -0.2) is 0 Å². The summed E-state index contributed by atoms with van der Waals surface area (Å²) in [5, 5.41) is 12.2. The molecule has 1 saturated heterocycles. The topological polar surface area (TPSA) is 58.6 Å². The van der Waals surface area contributed by atoms with Gasteiger partial charge in [0.1, 0.15) is 0 Å². The first kappa shape index (κ1) is 8.97. The summed E-state index contributed by atoms with van der Waals surface area (Å²) in [6, 6.07) is 0.267. The van der Waals surface area contributed by atoms with E-state index in [-0.39, 0.29) is 18.1 Å². The summed E-state index contributed by atoms with van der Waals surface area (Å²) in [6.07, 6.45) is 2.62. The zero-order chi connectivity index (χ0) is 9.26. The molecule has 2 aliphatic rings. The molecule has 2 rings (SSSR count). The van der Waals surface area contributed by atoms with Crippen LogP contribution in [0.2, 0.25) is 0 Å². The number of carboxylic acid groups (broad SMARTS) is 1. The van der Waals surface area contributed by atoms with Crippen LogP contribution in [0.5, 0.6) is 0 Å². The molecule has 2 fully saturated rings. The molecule has 1 aliphatic heterocycles. The van der Waals surface area contributed by atoms with E-state index >= 15 is 0 Å². The molecule has 3 unspecified atom stereocenters. The average Bonchev–Trinajstić information content (AvgIpc) is 2.17. The molecule has 2 N–H and O–H groups in total. The van der Waals surface area contributed by atoms with Crippen LogP contribution in [0.15, 0.2) is 0 Å². The third-order valence-corrected chi connectivity index (χ3v) is 2.98. The molecule has 0 radical (unpaired) electrons. The van der Waals surface area contributed by atoms with Crippen molar-refractivity contribution in [3.63, 3.8) is 0 Å². The first-order valence-electron chi connectivity index (χ1n) is 4.85. The molecule has 3 atom stereocenters. The zero-order valence-corrected chi connectivity index (χ0v) is 7.53. The number of carbonyl (C=O) groups is 1. The molecule has 0 bridgehead atoms. The summed E-state index contributed by atoms with van der Waals surface area (Å²) < 4.78 is 5.55. The van der Waals surface area contributed by atoms with Crippen molar-refractivity contribution in [2.24, 2.45) is 5.92 Å². The maximum atomic E-state index is 10.8. The van der Waals surface area contributed by atoms with Crippen molar-refractivity contribution in [1.29, 1.82) is 0 Å². The molecular weight excluding hydrogens is 170 g/mol. The van der Waals surface area contributed by atoms with Crippen LogP contribution < -0.4 is 5.32 Å². The van der Waals surface area contributed by atoms with E-state index in [2.05, 4.69) is 5.32 Å². The Morgan fingerprint density at radius 1 is 1.46 bits per heavy atom. The number of ether oxygens (including phenoxy) is 1. The highest BCUT2D eigenvalue weighted by Gasteiger charge is 2.35. The number of rotatable bonds is 1. The number of hydrogen-bond acceptors (Lipinski definition) is 3. The molecule has 0 aromatic heterocycles. The largest absolute Gasteiger partial charge is 0.481 e. The van der Waals surface area contributed by atoms with Crippen molar-refractivity contribution in [2.75, 3.05) is 13.2 Å². The van der Waals surface area contributed by atoms with Crippen LogP contribution in [0, 0.1) is 5.92 Å². The number of hydrogen-bond donors (Lipinski definition) is 2. The molecule has 13 heavy (non-hydrogen) atoms. The Balaban J connectivity index is 1.95. The summed E-state index contributed by atoms with van der Waals surface area (Å²) in [5.74, 6) is -0.832. The number of fused-ring (bicyclic) bond motifs is 1. The molecule has 0 amide bonds. The maximum Gasteiger partial charge on any atom is 0.306 e. The van der Waals surface area contributed by atoms with Crippen molar-refractivity contribution in [3.8, 4) is 0 Å². The fourth-order valence-corrected chi connectivity index (χ4v) is 2.24. The summed E-state index contributed by atoms with van der Waals surface area (Å²) in [6.45, 7) is 1.62. The normalized spacial score (nSPS) is 39.5. The van der Waals surface area contributed by atoms with Crippen LogP contribution in [-0.2, 0) is 9.53 Å². The SMILES string of the molecule is O=C(O)C1CCC2OCCNC2C1. The molecule has 0 aromatic carbocycles. The summed E-state index contributed by atoms with van der Waals surface area (Å²) in [5.41, 5.74) is 0. The predicted octanol–water partition coefficient (Wildman–Crippen LogP) is 0.228. The Hall–Kier alpha value is -0.610. The third-order valence-electron chi connectivity index (χ3n) is 2.98. The molecular formula is C9H15NO3. The van der Waals surface area contributed by atoms with Gasteiger partial charge >= 0.3 is 5.97 Å². The van der Waals surface area contributed by atoms with Gasteiger partial charge in [0.2, 0.25) is 0 Å². The van der Waals surface area contributed by atoms with E-state index in [0.29, 0.717) is 0 Å². The second kappa shape index (κ2) is 3.64. The fraction of sp³-hybridized carbons (Fsp3) is 0.889. The van der Waals surface area contributed by atoms with Gasteiger partial charge in [-0.2, -0.15) is 0 Å². The minimum Gasteiger partial charge on any atom is -0.481 e. The van der Waals surface area contributed by atoms with Crippen molar-refractivity contribution in [3.05, 3.63) is 0 Å². The lowest BCUT2D eigenvalue weighted by atomic mass is 9.83. The Kier molecular flexibility index (Phi) is 2.51. The highest BCUT2D eigenvalue weighted by molar-refractivity contribution is 5.70. The fourth-order valence-electron chi connectivity index (χ4n) is 2.24. The second-order valence-corrected chi connectivity index (χ2v) is 3.82. The Bertz CT molecular complexity index is 207. The first-order valence-corrected chi connectivity index (χ1v) is 4.85. The lowest BCUT2D eigenvalue weighted by Gasteiger charge is -2.38. The van der Waals surface area contributed by atoms with Gasteiger partial charge in [-0.15, -0.1) is 0 Å². The van der Waals surface area contributed by atoms with Gasteiger partial charge in [0.25, 0.3) is 0 Å². The van der Waals surface area contributed by atoms with Gasteiger partial charge in [-0.1, -0.05) is 0 Å². The Morgan fingerprint density at radius 2 is 2.31 bits per heavy atom. The van der Waals surface area contributed by atoms with Gasteiger partial charge in [-0.05, 0) is 19.3 Å². The third kappa shape index (κ3) is 1.84.